The van der Waals surface area contributed by atoms with E-state index in [0.717, 1.165) is 5.56 Å². The fraction of sp³-hybridized carbons (Fsp3) is 0.300. The first-order valence-corrected chi connectivity index (χ1v) is 9.03. The largest absolute Gasteiger partial charge is 0.393 e. The number of nitro groups is 1. The monoisotopic (exact) mass is 383 g/mol. The summed E-state index contributed by atoms with van der Waals surface area (Å²) >= 11 is 0. The second-order valence-corrected chi connectivity index (χ2v) is 6.75. The Morgan fingerprint density at radius 1 is 1.14 bits per heavy atom. The highest BCUT2D eigenvalue weighted by atomic mass is 16.6. The summed E-state index contributed by atoms with van der Waals surface area (Å²) in [6, 6.07) is 12.4. The topological polar surface area (TPSA) is 113 Å². The first kappa shape index (κ1) is 19.5. The zero-order valence-corrected chi connectivity index (χ0v) is 15.2. The van der Waals surface area contributed by atoms with Gasteiger partial charge in [-0.3, -0.25) is 19.7 Å². The predicted molar refractivity (Wildman–Crippen MR) is 103 cm³/mol. The molecule has 0 spiro atoms. The number of non-ortho nitro benzene ring substituents is 1. The lowest BCUT2D eigenvalue weighted by Gasteiger charge is -2.29. The number of aliphatic hydroxyl groups is 1. The minimum Gasteiger partial charge on any atom is -0.393 e. The summed E-state index contributed by atoms with van der Waals surface area (Å²) in [4.78, 5) is 36.6. The lowest BCUT2D eigenvalue weighted by atomic mass is 10.1. The molecular formula is C20H21N3O5. The molecule has 1 aliphatic heterocycles. The number of nitro benzene ring substituents is 1. The van der Waals surface area contributed by atoms with E-state index in [1.54, 1.807) is 29.2 Å². The quantitative estimate of drug-likeness (QED) is 0.608. The minimum absolute atomic E-state index is 0.0141. The maximum atomic E-state index is 12.3. The maximum absolute atomic E-state index is 12.3. The molecule has 1 heterocycles. The van der Waals surface area contributed by atoms with Crippen LogP contribution in [-0.2, 0) is 11.2 Å². The molecule has 146 valence electrons. The molecule has 3 rings (SSSR count). The number of piperidine rings is 1. The van der Waals surface area contributed by atoms with E-state index in [1.165, 1.54) is 24.3 Å². The van der Waals surface area contributed by atoms with Gasteiger partial charge in [0.25, 0.3) is 11.6 Å². The number of hydrogen-bond donors (Lipinski definition) is 2. The van der Waals surface area contributed by atoms with Crippen molar-refractivity contribution in [2.24, 2.45) is 0 Å². The molecule has 8 heteroatoms. The van der Waals surface area contributed by atoms with E-state index in [4.69, 9.17) is 0 Å². The van der Waals surface area contributed by atoms with Crippen LogP contribution in [0, 0.1) is 10.1 Å². The summed E-state index contributed by atoms with van der Waals surface area (Å²) in [6.45, 7) is 1.13. The molecule has 2 aromatic carbocycles. The van der Waals surface area contributed by atoms with Gasteiger partial charge in [0, 0.05) is 36.5 Å². The van der Waals surface area contributed by atoms with Gasteiger partial charge in [-0.1, -0.05) is 18.2 Å². The molecule has 1 fully saturated rings. The van der Waals surface area contributed by atoms with Gasteiger partial charge in [-0.05, 0) is 36.6 Å². The number of rotatable bonds is 5. The number of carbonyl (C=O) groups is 2. The zero-order valence-electron chi connectivity index (χ0n) is 15.2. The van der Waals surface area contributed by atoms with Crippen LogP contribution in [-0.4, -0.2) is 45.9 Å². The van der Waals surface area contributed by atoms with Crippen molar-refractivity contribution in [3.8, 4) is 0 Å². The summed E-state index contributed by atoms with van der Waals surface area (Å²) in [5.41, 5.74) is 1.41. The highest BCUT2D eigenvalue weighted by Gasteiger charge is 2.21. The van der Waals surface area contributed by atoms with Crippen LogP contribution < -0.4 is 5.32 Å². The van der Waals surface area contributed by atoms with Gasteiger partial charge < -0.3 is 15.3 Å². The molecule has 2 aromatic rings. The van der Waals surface area contributed by atoms with Crippen molar-refractivity contribution in [1.29, 1.82) is 0 Å². The van der Waals surface area contributed by atoms with Gasteiger partial charge in [-0.15, -0.1) is 0 Å². The maximum Gasteiger partial charge on any atom is 0.270 e. The summed E-state index contributed by atoms with van der Waals surface area (Å²) in [5, 5.41) is 23.0. The van der Waals surface area contributed by atoms with E-state index in [1.807, 2.05) is 0 Å². The molecule has 8 nitrogen and oxygen atoms in total. The molecule has 0 atom stereocenters. The van der Waals surface area contributed by atoms with Crippen molar-refractivity contribution >= 4 is 23.2 Å². The lowest BCUT2D eigenvalue weighted by molar-refractivity contribution is -0.384. The van der Waals surface area contributed by atoms with Gasteiger partial charge in [-0.2, -0.15) is 0 Å². The van der Waals surface area contributed by atoms with Crippen molar-refractivity contribution in [3.05, 3.63) is 69.8 Å². The summed E-state index contributed by atoms with van der Waals surface area (Å²) in [6.07, 6.45) is 1.15. The van der Waals surface area contributed by atoms with Crippen LogP contribution >= 0.6 is 0 Å². The molecule has 0 aliphatic carbocycles. The van der Waals surface area contributed by atoms with Crippen LogP contribution in [0.4, 0.5) is 11.4 Å². The van der Waals surface area contributed by atoms with Crippen LogP contribution in [0.5, 0.6) is 0 Å². The Kier molecular flexibility index (Phi) is 6.00. The molecule has 0 bridgehead atoms. The van der Waals surface area contributed by atoms with Crippen molar-refractivity contribution in [3.63, 3.8) is 0 Å². The van der Waals surface area contributed by atoms with Gasteiger partial charge in [0.1, 0.15) is 0 Å². The number of aliphatic hydroxyl groups excluding tert-OH is 1. The molecule has 0 radical (unpaired) electrons. The Bertz CT molecular complexity index is 874. The average Bonchev–Trinajstić information content (AvgIpc) is 2.70. The normalized spacial score (nSPS) is 14.5. The number of anilines is 1. The number of likely N-dealkylation sites (tertiary alicyclic amines) is 1. The second kappa shape index (κ2) is 8.62. The Labute approximate surface area is 161 Å². The molecule has 28 heavy (non-hydrogen) atoms. The number of nitrogens with zero attached hydrogens (tertiary/aromatic N) is 2. The first-order chi connectivity index (χ1) is 13.4. The van der Waals surface area contributed by atoms with Gasteiger partial charge >= 0.3 is 0 Å². The first-order valence-electron chi connectivity index (χ1n) is 9.03. The van der Waals surface area contributed by atoms with Gasteiger partial charge in [-0.25, -0.2) is 0 Å². The molecule has 2 N–H and O–H groups in total. The third-order valence-electron chi connectivity index (χ3n) is 4.70. The van der Waals surface area contributed by atoms with Gasteiger partial charge in [0.05, 0.1) is 17.4 Å². The van der Waals surface area contributed by atoms with Crippen LogP contribution in [0.25, 0.3) is 0 Å². The van der Waals surface area contributed by atoms with Crippen molar-refractivity contribution in [1.82, 2.24) is 4.90 Å². The van der Waals surface area contributed by atoms with E-state index >= 15 is 0 Å². The number of hydrogen-bond acceptors (Lipinski definition) is 5. The smallest absolute Gasteiger partial charge is 0.270 e. The van der Waals surface area contributed by atoms with E-state index in [0.29, 0.717) is 31.6 Å². The highest BCUT2D eigenvalue weighted by Crippen LogP contribution is 2.17. The third kappa shape index (κ3) is 4.92. The SMILES string of the molecule is O=C(Nc1ccc(CC(=O)N2CCC(O)CC2)cc1)c1cccc([N+](=O)[O-])c1. The summed E-state index contributed by atoms with van der Waals surface area (Å²) < 4.78 is 0. The average molecular weight is 383 g/mol. The molecule has 2 amide bonds. The van der Waals surface area contributed by atoms with Crippen molar-refractivity contribution < 1.29 is 19.6 Å². The fourth-order valence-corrected chi connectivity index (χ4v) is 3.07. The Morgan fingerprint density at radius 2 is 1.82 bits per heavy atom. The Morgan fingerprint density at radius 3 is 2.46 bits per heavy atom. The lowest BCUT2D eigenvalue weighted by Crippen LogP contribution is -2.40. The fourth-order valence-electron chi connectivity index (χ4n) is 3.07. The standard InChI is InChI=1S/C20H21N3O5/c24-18-8-10-22(11-9-18)19(25)12-14-4-6-16(7-5-14)21-20(26)15-2-1-3-17(13-15)23(27)28/h1-7,13,18,24H,8-12H2,(H,21,26). The van der Waals surface area contributed by atoms with E-state index in [9.17, 15) is 24.8 Å². The molecule has 0 saturated carbocycles. The van der Waals surface area contributed by atoms with Crippen molar-refractivity contribution in [2.45, 2.75) is 25.4 Å². The van der Waals surface area contributed by atoms with Crippen LogP contribution in [0.1, 0.15) is 28.8 Å². The summed E-state index contributed by atoms with van der Waals surface area (Å²) in [7, 11) is 0. The molecular weight excluding hydrogens is 362 g/mol. The van der Waals surface area contributed by atoms with Crippen LogP contribution in [0.15, 0.2) is 48.5 Å². The van der Waals surface area contributed by atoms with Crippen LogP contribution in [0.3, 0.4) is 0 Å². The predicted octanol–water partition coefficient (Wildman–Crippen LogP) is 2.37. The number of benzene rings is 2. The molecule has 1 saturated heterocycles. The highest BCUT2D eigenvalue weighted by molar-refractivity contribution is 6.04. The third-order valence-corrected chi connectivity index (χ3v) is 4.70. The van der Waals surface area contributed by atoms with Gasteiger partial charge in [0.15, 0.2) is 0 Å². The van der Waals surface area contributed by atoms with E-state index in [-0.39, 0.29) is 29.7 Å². The van der Waals surface area contributed by atoms with E-state index < -0.39 is 10.8 Å². The number of nitrogens with one attached hydrogen (secondary N) is 1. The van der Waals surface area contributed by atoms with Crippen molar-refractivity contribution in [2.75, 3.05) is 18.4 Å². The van der Waals surface area contributed by atoms with E-state index in [2.05, 4.69) is 5.32 Å². The summed E-state index contributed by atoms with van der Waals surface area (Å²) in [5.74, 6) is -0.431. The molecule has 1 aliphatic rings. The number of carbonyl (C=O) groups excluding carboxylic acids is 2. The minimum atomic E-state index is -0.550. The van der Waals surface area contributed by atoms with Gasteiger partial charge in [0.2, 0.25) is 5.91 Å². The molecule has 0 aromatic heterocycles. The zero-order chi connectivity index (χ0) is 20.1. The Balaban J connectivity index is 1.58. The second-order valence-electron chi connectivity index (χ2n) is 6.75. The van der Waals surface area contributed by atoms with Crippen LogP contribution in [0.2, 0.25) is 0 Å². The molecule has 0 unspecified atom stereocenters. The number of amides is 2. The Hall–Kier alpha value is -3.26.